The molecule has 0 saturated carbocycles. The van der Waals surface area contributed by atoms with Gasteiger partial charge in [-0.1, -0.05) is 38.1 Å². The first kappa shape index (κ1) is 13.6. The first-order chi connectivity index (χ1) is 7.65. The molecule has 0 saturated heterocycles. The molecule has 1 aromatic rings. The topological polar surface area (TPSA) is 12.0 Å². The van der Waals surface area contributed by atoms with E-state index in [9.17, 15) is 0 Å². The summed E-state index contributed by atoms with van der Waals surface area (Å²) in [5.74, 6) is 3.01. The lowest BCUT2D eigenvalue weighted by atomic mass is 10.1. The molecule has 0 bridgehead atoms. The Hall–Kier alpha value is -0.470. The molecule has 0 fully saturated rings. The van der Waals surface area contributed by atoms with Crippen LogP contribution in [0.25, 0.3) is 0 Å². The monoisotopic (exact) mass is 237 g/mol. The molecule has 0 aliphatic carbocycles. The number of nitrogens with one attached hydrogen (secondary N) is 1. The van der Waals surface area contributed by atoms with Crippen molar-refractivity contribution < 1.29 is 0 Å². The van der Waals surface area contributed by atoms with Crippen molar-refractivity contribution in [3.8, 4) is 0 Å². The van der Waals surface area contributed by atoms with E-state index in [1.165, 1.54) is 16.9 Å². The van der Waals surface area contributed by atoms with Gasteiger partial charge in [0.2, 0.25) is 0 Å². The van der Waals surface area contributed by atoms with Gasteiger partial charge in [0.25, 0.3) is 0 Å². The Morgan fingerprint density at radius 3 is 2.50 bits per heavy atom. The minimum absolute atomic E-state index is 0.619. The molecular formula is C14H23NS. The molecule has 0 radical (unpaired) electrons. The quantitative estimate of drug-likeness (QED) is 0.813. The van der Waals surface area contributed by atoms with Crippen molar-refractivity contribution in [2.24, 2.45) is 5.92 Å². The summed E-state index contributed by atoms with van der Waals surface area (Å²) in [5.41, 5.74) is 2.87. The van der Waals surface area contributed by atoms with Gasteiger partial charge in [-0.25, -0.2) is 0 Å². The second-order valence-corrected chi connectivity index (χ2v) is 5.61. The van der Waals surface area contributed by atoms with Crippen LogP contribution >= 0.6 is 11.8 Å². The number of hydrogen-bond acceptors (Lipinski definition) is 2. The van der Waals surface area contributed by atoms with Crippen molar-refractivity contribution in [3.63, 3.8) is 0 Å². The van der Waals surface area contributed by atoms with Crippen LogP contribution in [0.4, 0.5) is 0 Å². The van der Waals surface area contributed by atoms with E-state index in [-0.39, 0.29) is 0 Å². The number of aryl methyl sites for hydroxylation is 1. The molecule has 0 aliphatic rings. The zero-order chi connectivity index (χ0) is 12.0. The van der Waals surface area contributed by atoms with E-state index in [4.69, 9.17) is 0 Å². The summed E-state index contributed by atoms with van der Waals surface area (Å²) in [6, 6.07) is 9.27. The minimum Gasteiger partial charge on any atom is -0.316 e. The van der Waals surface area contributed by atoms with Crippen molar-refractivity contribution in [3.05, 3.63) is 35.4 Å². The first-order valence-electron chi connectivity index (χ1n) is 5.94. The molecule has 0 aromatic heterocycles. The van der Waals surface area contributed by atoms with E-state index in [1.54, 1.807) is 0 Å². The summed E-state index contributed by atoms with van der Waals surface area (Å²) >= 11 is 2.02. The largest absolute Gasteiger partial charge is 0.316 e. The normalized spacial score (nSPS) is 13.1. The lowest BCUT2D eigenvalue weighted by Crippen LogP contribution is -2.32. The summed E-state index contributed by atoms with van der Waals surface area (Å²) in [4.78, 5) is 0. The lowest BCUT2D eigenvalue weighted by Gasteiger charge is -2.19. The second kappa shape index (κ2) is 6.97. The third kappa shape index (κ3) is 4.18. The summed E-state index contributed by atoms with van der Waals surface area (Å²) in [5, 5.41) is 3.38. The molecule has 0 spiro atoms. The highest BCUT2D eigenvalue weighted by molar-refractivity contribution is 7.98. The molecule has 0 amide bonds. The molecule has 0 aliphatic heterocycles. The smallest absolute Gasteiger partial charge is 0.0187 e. The fourth-order valence-electron chi connectivity index (χ4n) is 1.68. The molecule has 1 nitrogen and oxygen atoms in total. The molecule has 1 rings (SSSR count). The van der Waals surface area contributed by atoms with Crippen molar-refractivity contribution in [1.29, 1.82) is 0 Å². The highest BCUT2D eigenvalue weighted by Crippen LogP contribution is 2.18. The molecule has 1 N–H and O–H groups in total. The third-order valence-corrected chi connectivity index (χ3v) is 4.10. The fourth-order valence-corrected chi connectivity index (χ4v) is 3.14. The van der Waals surface area contributed by atoms with E-state index < -0.39 is 0 Å². The predicted molar refractivity (Wildman–Crippen MR) is 75.0 cm³/mol. The molecule has 90 valence electrons. The van der Waals surface area contributed by atoms with Crippen molar-refractivity contribution in [2.45, 2.75) is 32.6 Å². The highest BCUT2D eigenvalue weighted by atomic mass is 32.2. The van der Waals surface area contributed by atoms with Crippen molar-refractivity contribution in [2.75, 3.05) is 12.8 Å². The van der Waals surface area contributed by atoms with Gasteiger partial charge in [-0.3, -0.25) is 0 Å². The highest BCUT2D eigenvalue weighted by Gasteiger charge is 2.10. The Morgan fingerprint density at radius 2 is 1.94 bits per heavy atom. The van der Waals surface area contributed by atoms with Gasteiger partial charge in [0.05, 0.1) is 0 Å². The number of thioether (sulfide) groups is 1. The average Bonchev–Trinajstić information content (AvgIpc) is 2.26. The van der Waals surface area contributed by atoms with Crippen molar-refractivity contribution in [1.82, 2.24) is 5.32 Å². The van der Waals surface area contributed by atoms with Crippen LogP contribution in [-0.4, -0.2) is 18.8 Å². The van der Waals surface area contributed by atoms with Crippen molar-refractivity contribution >= 4 is 11.8 Å². The first-order valence-corrected chi connectivity index (χ1v) is 7.10. The Kier molecular flexibility index (Phi) is 5.93. The average molecular weight is 237 g/mol. The summed E-state index contributed by atoms with van der Waals surface area (Å²) in [6.45, 7) is 6.74. The standard InChI is InChI=1S/C14H23NS/c1-11(2)14(15-4)10-16-9-13-8-6-5-7-12(13)3/h5-8,11,14-15H,9-10H2,1-4H3. The SMILES string of the molecule is CNC(CSCc1ccccc1C)C(C)C. The fraction of sp³-hybridized carbons (Fsp3) is 0.571. The third-order valence-electron chi connectivity index (χ3n) is 2.99. The molecule has 0 heterocycles. The zero-order valence-electron chi connectivity index (χ0n) is 10.8. The van der Waals surface area contributed by atoms with Crippen LogP contribution in [0.5, 0.6) is 0 Å². The van der Waals surface area contributed by atoms with Gasteiger partial charge >= 0.3 is 0 Å². The van der Waals surface area contributed by atoms with Gasteiger partial charge in [-0.05, 0) is 31.0 Å². The summed E-state index contributed by atoms with van der Waals surface area (Å²) in [6.07, 6.45) is 0. The van der Waals surface area contributed by atoms with Crippen LogP contribution in [0.1, 0.15) is 25.0 Å². The number of rotatable bonds is 6. The maximum absolute atomic E-state index is 3.38. The molecular weight excluding hydrogens is 214 g/mol. The van der Waals surface area contributed by atoms with Crippen LogP contribution in [0, 0.1) is 12.8 Å². The van der Waals surface area contributed by atoms with Gasteiger partial charge in [0.1, 0.15) is 0 Å². The summed E-state index contributed by atoms with van der Waals surface area (Å²) < 4.78 is 0. The van der Waals surface area contributed by atoms with Crippen LogP contribution in [0.2, 0.25) is 0 Å². The van der Waals surface area contributed by atoms with Gasteiger partial charge in [0.15, 0.2) is 0 Å². The number of benzene rings is 1. The van der Waals surface area contributed by atoms with Gasteiger partial charge in [-0.2, -0.15) is 11.8 Å². The molecule has 16 heavy (non-hydrogen) atoms. The Balaban J connectivity index is 2.38. The van der Waals surface area contributed by atoms with Crippen LogP contribution in [0.15, 0.2) is 24.3 Å². The van der Waals surface area contributed by atoms with Gasteiger partial charge < -0.3 is 5.32 Å². The van der Waals surface area contributed by atoms with E-state index >= 15 is 0 Å². The Labute approximate surface area is 104 Å². The van der Waals surface area contributed by atoms with E-state index in [0.29, 0.717) is 12.0 Å². The van der Waals surface area contributed by atoms with Crippen LogP contribution < -0.4 is 5.32 Å². The van der Waals surface area contributed by atoms with Gasteiger partial charge in [0, 0.05) is 17.5 Å². The maximum atomic E-state index is 3.38. The zero-order valence-corrected chi connectivity index (χ0v) is 11.6. The Morgan fingerprint density at radius 1 is 1.25 bits per heavy atom. The Bertz CT molecular complexity index is 309. The van der Waals surface area contributed by atoms with E-state index in [1.807, 2.05) is 11.8 Å². The number of hydrogen-bond donors (Lipinski definition) is 1. The molecule has 1 atom stereocenters. The molecule has 2 heteroatoms. The molecule has 1 aromatic carbocycles. The molecule has 1 unspecified atom stereocenters. The summed E-state index contributed by atoms with van der Waals surface area (Å²) in [7, 11) is 2.05. The maximum Gasteiger partial charge on any atom is 0.0187 e. The van der Waals surface area contributed by atoms with E-state index in [2.05, 4.69) is 57.4 Å². The van der Waals surface area contributed by atoms with Crippen LogP contribution in [-0.2, 0) is 5.75 Å². The second-order valence-electron chi connectivity index (χ2n) is 4.58. The predicted octanol–water partition coefficient (Wildman–Crippen LogP) is 3.47. The minimum atomic E-state index is 0.619. The lowest BCUT2D eigenvalue weighted by molar-refractivity contribution is 0.465. The van der Waals surface area contributed by atoms with E-state index in [0.717, 1.165) is 5.75 Å². The van der Waals surface area contributed by atoms with Gasteiger partial charge in [-0.15, -0.1) is 0 Å². The van der Waals surface area contributed by atoms with Crippen LogP contribution in [0.3, 0.4) is 0 Å².